The van der Waals surface area contributed by atoms with Gasteiger partial charge in [0.2, 0.25) is 0 Å². The molecular formula is C26H23ClN2O3S. The number of hydrogen-bond donors (Lipinski definition) is 0. The molecule has 0 unspecified atom stereocenters. The van der Waals surface area contributed by atoms with E-state index in [4.69, 9.17) is 16.3 Å². The number of aromatic nitrogens is 2. The van der Waals surface area contributed by atoms with Crippen LogP contribution in [0.2, 0.25) is 0 Å². The first kappa shape index (κ1) is 23.1. The Labute approximate surface area is 201 Å². The Kier molecular flexibility index (Phi) is 7.16. The van der Waals surface area contributed by atoms with Crippen molar-refractivity contribution in [2.24, 2.45) is 7.05 Å². The number of ketones is 1. The highest BCUT2D eigenvalue weighted by molar-refractivity contribution is 7.98. The van der Waals surface area contributed by atoms with Gasteiger partial charge >= 0.3 is 0 Å². The molecule has 168 valence electrons. The highest BCUT2D eigenvalue weighted by Crippen LogP contribution is 2.25. The second kappa shape index (κ2) is 10.2. The molecule has 4 rings (SSSR count). The summed E-state index contributed by atoms with van der Waals surface area (Å²) < 4.78 is 7.20. The Morgan fingerprint density at radius 3 is 2.58 bits per heavy atom. The fourth-order valence-electron chi connectivity index (χ4n) is 3.57. The van der Waals surface area contributed by atoms with E-state index in [0.29, 0.717) is 51.2 Å². The fraction of sp³-hybridized carbons (Fsp3) is 0.192. The van der Waals surface area contributed by atoms with Crippen molar-refractivity contribution in [1.29, 1.82) is 0 Å². The summed E-state index contributed by atoms with van der Waals surface area (Å²) in [7, 11) is 1.75. The van der Waals surface area contributed by atoms with Crippen molar-refractivity contribution in [1.82, 2.24) is 9.55 Å². The molecule has 0 saturated carbocycles. The molecule has 33 heavy (non-hydrogen) atoms. The van der Waals surface area contributed by atoms with E-state index in [-0.39, 0.29) is 11.3 Å². The van der Waals surface area contributed by atoms with Crippen LogP contribution in [0.25, 0.3) is 10.9 Å². The minimum Gasteiger partial charge on any atom is -0.492 e. The number of halogens is 1. The number of benzene rings is 3. The van der Waals surface area contributed by atoms with Crippen LogP contribution in [0.3, 0.4) is 0 Å². The standard InChI is InChI=1S/C26H23ClN2O3S/c1-17-6-5-8-21-23(17)25(31)29(2)26(28-21)33-16-18-10-12-19(13-11-18)24(30)20-7-3-4-9-22(20)32-15-14-27/h3-13H,14-16H2,1-2H3. The molecule has 0 bridgehead atoms. The third kappa shape index (κ3) is 4.97. The molecule has 5 nitrogen and oxygen atoms in total. The second-order valence-electron chi connectivity index (χ2n) is 7.58. The molecule has 4 aromatic rings. The molecule has 0 atom stereocenters. The molecule has 0 spiro atoms. The van der Waals surface area contributed by atoms with E-state index in [1.807, 2.05) is 61.5 Å². The zero-order valence-electron chi connectivity index (χ0n) is 18.4. The van der Waals surface area contributed by atoms with Crippen LogP contribution in [0.1, 0.15) is 27.0 Å². The maximum absolute atomic E-state index is 13.0. The molecule has 1 heterocycles. The van der Waals surface area contributed by atoms with Gasteiger partial charge in [0.25, 0.3) is 5.56 Å². The van der Waals surface area contributed by atoms with E-state index in [0.717, 1.165) is 11.1 Å². The van der Waals surface area contributed by atoms with Gasteiger partial charge in [0.1, 0.15) is 12.4 Å². The minimum absolute atomic E-state index is 0.0448. The summed E-state index contributed by atoms with van der Waals surface area (Å²) in [5.41, 5.74) is 3.70. The minimum atomic E-state index is -0.103. The van der Waals surface area contributed by atoms with Gasteiger partial charge in [-0.05, 0) is 36.2 Å². The molecule has 0 aliphatic carbocycles. The average molecular weight is 479 g/mol. The average Bonchev–Trinajstić information content (AvgIpc) is 2.84. The second-order valence-corrected chi connectivity index (χ2v) is 8.90. The lowest BCUT2D eigenvalue weighted by molar-refractivity contribution is 0.103. The lowest BCUT2D eigenvalue weighted by Gasteiger charge is -2.11. The third-order valence-corrected chi connectivity index (χ3v) is 6.58. The van der Waals surface area contributed by atoms with E-state index >= 15 is 0 Å². The molecule has 0 aliphatic rings. The van der Waals surface area contributed by atoms with Crippen LogP contribution in [-0.2, 0) is 12.8 Å². The lowest BCUT2D eigenvalue weighted by Crippen LogP contribution is -2.20. The smallest absolute Gasteiger partial charge is 0.262 e. The fourth-order valence-corrected chi connectivity index (χ4v) is 4.57. The van der Waals surface area contributed by atoms with E-state index in [1.165, 1.54) is 11.8 Å². The van der Waals surface area contributed by atoms with Crippen LogP contribution in [0, 0.1) is 6.92 Å². The van der Waals surface area contributed by atoms with Crippen LogP contribution < -0.4 is 10.3 Å². The first-order valence-electron chi connectivity index (χ1n) is 10.5. The van der Waals surface area contributed by atoms with Gasteiger partial charge in [0.05, 0.1) is 22.3 Å². The van der Waals surface area contributed by atoms with E-state index in [1.54, 1.807) is 23.7 Å². The molecule has 7 heteroatoms. The van der Waals surface area contributed by atoms with E-state index in [9.17, 15) is 9.59 Å². The molecule has 3 aromatic carbocycles. The first-order valence-corrected chi connectivity index (χ1v) is 12.0. The van der Waals surface area contributed by atoms with Crippen molar-refractivity contribution in [3.63, 3.8) is 0 Å². The maximum Gasteiger partial charge on any atom is 0.262 e. The number of nitrogens with zero attached hydrogens (tertiary/aromatic N) is 2. The van der Waals surface area contributed by atoms with Gasteiger partial charge in [-0.3, -0.25) is 14.2 Å². The van der Waals surface area contributed by atoms with Crippen LogP contribution in [-0.4, -0.2) is 27.8 Å². The summed E-state index contributed by atoms with van der Waals surface area (Å²) >= 11 is 7.20. The molecule has 0 N–H and O–H groups in total. The highest BCUT2D eigenvalue weighted by atomic mass is 35.5. The molecular weight excluding hydrogens is 456 g/mol. The quantitative estimate of drug-likeness (QED) is 0.147. The Balaban J connectivity index is 1.51. The molecule has 0 aliphatic heterocycles. The van der Waals surface area contributed by atoms with Crippen molar-refractivity contribution in [2.45, 2.75) is 17.8 Å². The number of rotatable bonds is 8. The number of carbonyl (C=O) groups excluding carboxylic acids is 1. The van der Waals surface area contributed by atoms with Gasteiger partial charge in [-0.25, -0.2) is 4.98 Å². The zero-order chi connectivity index (χ0) is 23.4. The molecule has 0 fully saturated rings. The number of carbonyl (C=O) groups is 1. The number of hydrogen-bond acceptors (Lipinski definition) is 5. The van der Waals surface area contributed by atoms with Gasteiger partial charge in [0.15, 0.2) is 10.9 Å². The predicted molar refractivity (Wildman–Crippen MR) is 134 cm³/mol. The molecule has 0 radical (unpaired) electrons. The molecule has 0 saturated heterocycles. The monoisotopic (exact) mass is 478 g/mol. The Morgan fingerprint density at radius 2 is 1.82 bits per heavy atom. The summed E-state index contributed by atoms with van der Waals surface area (Å²) in [6.07, 6.45) is 0. The van der Waals surface area contributed by atoms with E-state index < -0.39 is 0 Å². The molecule has 0 amide bonds. The van der Waals surface area contributed by atoms with Crippen molar-refractivity contribution >= 4 is 40.0 Å². The van der Waals surface area contributed by atoms with Crippen LogP contribution in [0.5, 0.6) is 5.75 Å². The summed E-state index contributed by atoms with van der Waals surface area (Å²) in [6.45, 7) is 2.26. The number of para-hydroxylation sites is 1. The zero-order valence-corrected chi connectivity index (χ0v) is 19.9. The summed E-state index contributed by atoms with van der Waals surface area (Å²) in [6, 6.07) is 20.3. The van der Waals surface area contributed by atoms with Gasteiger partial charge in [-0.2, -0.15) is 0 Å². The number of ether oxygens (including phenoxy) is 1. The van der Waals surface area contributed by atoms with E-state index in [2.05, 4.69) is 4.98 Å². The third-order valence-electron chi connectivity index (χ3n) is 5.32. The van der Waals surface area contributed by atoms with Gasteiger partial charge in [-0.15, -0.1) is 11.6 Å². The number of thioether (sulfide) groups is 1. The Bertz CT molecular complexity index is 1370. The van der Waals surface area contributed by atoms with Gasteiger partial charge < -0.3 is 4.74 Å². The maximum atomic E-state index is 13.0. The molecule has 1 aromatic heterocycles. The summed E-state index contributed by atoms with van der Waals surface area (Å²) in [4.78, 5) is 30.5. The topological polar surface area (TPSA) is 61.2 Å². The SMILES string of the molecule is Cc1cccc2nc(SCc3ccc(C(=O)c4ccccc4OCCCl)cc3)n(C)c(=O)c12. The van der Waals surface area contributed by atoms with Crippen molar-refractivity contribution in [3.05, 3.63) is 99.3 Å². The predicted octanol–water partition coefficient (Wildman–Crippen LogP) is 5.38. The highest BCUT2D eigenvalue weighted by Gasteiger charge is 2.15. The van der Waals surface area contributed by atoms with Crippen LogP contribution in [0.15, 0.2) is 76.7 Å². The summed E-state index contributed by atoms with van der Waals surface area (Å²) in [5.74, 6) is 1.41. The van der Waals surface area contributed by atoms with Crippen molar-refractivity contribution in [2.75, 3.05) is 12.5 Å². The van der Waals surface area contributed by atoms with Crippen LogP contribution >= 0.6 is 23.4 Å². The first-order chi connectivity index (χ1) is 16.0. The van der Waals surface area contributed by atoms with Crippen molar-refractivity contribution < 1.29 is 9.53 Å². The Hall–Kier alpha value is -3.09. The van der Waals surface area contributed by atoms with Crippen LogP contribution in [0.4, 0.5) is 0 Å². The lowest BCUT2D eigenvalue weighted by atomic mass is 10.0. The normalized spacial score (nSPS) is 11.0. The largest absolute Gasteiger partial charge is 0.492 e. The summed E-state index contributed by atoms with van der Waals surface area (Å²) in [5, 5.41) is 1.31. The Morgan fingerprint density at radius 1 is 1.06 bits per heavy atom. The number of aryl methyl sites for hydroxylation is 1. The number of fused-ring (bicyclic) bond motifs is 1. The van der Waals surface area contributed by atoms with Gasteiger partial charge in [-0.1, -0.05) is 60.3 Å². The number of alkyl halides is 1. The van der Waals surface area contributed by atoms with Gasteiger partial charge in [0, 0.05) is 18.4 Å². The van der Waals surface area contributed by atoms with Crippen molar-refractivity contribution in [3.8, 4) is 5.75 Å².